The van der Waals surface area contributed by atoms with Crippen molar-refractivity contribution in [3.8, 4) is 0 Å². The van der Waals surface area contributed by atoms with E-state index >= 15 is 0 Å². The average molecular weight is 210 g/mol. The Hall–Kier alpha value is -1.07. The quantitative estimate of drug-likeness (QED) is 0.756. The summed E-state index contributed by atoms with van der Waals surface area (Å²) < 4.78 is 6.95. The zero-order chi connectivity index (χ0) is 10.5. The molecule has 1 aliphatic rings. The molecule has 84 valence electrons. The number of nitrogens with zero attached hydrogens (tertiary/aromatic N) is 3. The Morgan fingerprint density at radius 1 is 1.47 bits per heavy atom. The molecular formula is C10H18N4O. The molecule has 0 saturated carbocycles. The van der Waals surface area contributed by atoms with Crippen molar-refractivity contribution < 1.29 is 4.74 Å². The highest BCUT2D eigenvalue weighted by Gasteiger charge is 2.11. The highest BCUT2D eigenvalue weighted by molar-refractivity contribution is 5.42. The first-order valence-electron chi connectivity index (χ1n) is 5.37. The number of piperazine rings is 1. The standard InChI is InChI=1S/C10H18N4O/c1-15-7-6-14-9-10(8-12-14)13-4-2-11-3-5-13/h8-9,11H,2-7H2,1H3. The van der Waals surface area contributed by atoms with E-state index in [4.69, 9.17) is 4.74 Å². The van der Waals surface area contributed by atoms with Gasteiger partial charge >= 0.3 is 0 Å². The second kappa shape index (κ2) is 5.14. The van der Waals surface area contributed by atoms with Crippen molar-refractivity contribution in [2.24, 2.45) is 0 Å². The summed E-state index contributed by atoms with van der Waals surface area (Å²) in [6.07, 6.45) is 4.02. The van der Waals surface area contributed by atoms with Crippen molar-refractivity contribution in [1.29, 1.82) is 0 Å². The van der Waals surface area contributed by atoms with E-state index in [0.29, 0.717) is 6.61 Å². The lowest BCUT2D eigenvalue weighted by Gasteiger charge is -2.27. The van der Waals surface area contributed by atoms with Gasteiger partial charge in [-0.05, 0) is 0 Å². The highest BCUT2D eigenvalue weighted by Crippen LogP contribution is 2.12. The third-order valence-electron chi connectivity index (χ3n) is 2.63. The zero-order valence-electron chi connectivity index (χ0n) is 9.15. The van der Waals surface area contributed by atoms with Crippen molar-refractivity contribution >= 4 is 5.69 Å². The maximum absolute atomic E-state index is 5.02. The Morgan fingerprint density at radius 3 is 3.00 bits per heavy atom. The van der Waals surface area contributed by atoms with Gasteiger partial charge in [0.25, 0.3) is 0 Å². The molecule has 2 rings (SSSR count). The van der Waals surface area contributed by atoms with Gasteiger partial charge in [-0.15, -0.1) is 0 Å². The van der Waals surface area contributed by atoms with Gasteiger partial charge in [0.2, 0.25) is 0 Å². The molecule has 0 unspecified atom stereocenters. The fourth-order valence-electron chi connectivity index (χ4n) is 1.75. The van der Waals surface area contributed by atoms with Crippen LogP contribution in [0.5, 0.6) is 0 Å². The first-order chi connectivity index (χ1) is 7.40. The summed E-state index contributed by atoms with van der Waals surface area (Å²) in [4.78, 5) is 2.35. The van der Waals surface area contributed by atoms with Crippen LogP contribution in [0.4, 0.5) is 5.69 Å². The Kier molecular flexibility index (Phi) is 3.58. The minimum atomic E-state index is 0.711. The van der Waals surface area contributed by atoms with E-state index in [1.807, 2.05) is 10.9 Å². The number of nitrogens with one attached hydrogen (secondary N) is 1. The minimum absolute atomic E-state index is 0.711. The Balaban J connectivity index is 1.93. The lowest BCUT2D eigenvalue weighted by Crippen LogP contribution is -2.43. The van der Waals surface area contributed by atoms with E-state index in [0.717, 1.165) is 32.7 Å². The summed E-state index contributed by atoms with van der Waals surface area (Å²) >= 11 is 0. The third kappa shape index (κ3) is 2.70. The fraction of sp³-hybridized carbons (Fsp3) is 0.700. The van der Waals surface area contributed by atoms with E-state index in [2.05, 4.69) is 21.5 Å². The van der Waals surface area contributed by atoms with E-state index in [-0.39, 0.29) is 0 Å². The van der Waals surface area contributed by atoms with Crippen LogP contribution in [-0.4, -0.2) is 49.7 Å². The normalized spacial score (nSPS) is 17.0. The molecule has 0 spiro atoms. The molecule has 2 heterocycles. The van der Waals surface area contributed by atoms with E-state index in [9.17, 15) is 0 Å². The predicted molar refractivity (Wildman–Crippen MR) is 59.2 cm³/mol. The van der Waals surface area contributed by atoms with Crippen LogP contribution >= 0.6 is 0 Å². The lowest BCUT2D eigenvalue weighted by atomic mass is 10.3. The highest BCUT2D eigenvalue weighted by atomic mass is 16.5. The average Bonchev–Trinajstić information content (AvgIpc) is 2.76. The van der Waals surface area contributed by atoms with Crippen LogP contribution in [0.3, 0.4) is 0 Å². The zero-order valence-corrected chi connectivity index (χ0v) is 9.15. The molecule has 5 heteroatoms. The van der Waals surface area contributed by atoms with Crippen LogP contribution in [-0.2, 0) is 11.3 Å². The van der Waals surface area contributed by atoms with Crippen LogP contribution in [0.15, 0.2) is 12.4 Å². The number of methoxy groups -OCH3 is 1. The number of aromatic nitrogens is 2. The summed E-state index contributed by atoms with van der Waals surface area (Å²) in [7, 11) is 1.71. The minimum Gasteiger partial charge on any atom is -0.383 e. The molecule has 15 heavy (non-hydrogen) atoms. The first-order valence-corrected chi connectivity index (χ1v) is 5.37. The van der Waals surface area contributed by atoms with E-state index in [1.165, 1.54) is 5.69 Å². The molecule has 0 radical (unpaired) electrons. The van der Waals surface area contributed by atoms with Crippen LogP contribution in [0, 0.1) is 0 Å². The summed E-state index contributed by atoms with van der Waals surface area (Å²) in [6, 6.07) is 0. The van der Waals surface area contributed by atoms with Gasteiger partial charge in [-0.1, -0.05) is 0 Å². The van der Waals surface area contributed by atoms with Crippen LogP contribution in [0.1, 0.15) is 0 Å². The summed E-state index contributed by atoms with van der Waals surface area (Å²) in [5, 5.41) is 7.64. The summed E-state index contributed by atoms with van der Waals surface area (Å²) in [6.45, 7) is 5.78. The van der Waals surface area contributed by atoms with Crippen LogP contribution < -0.4 is 10.2 Å². The van der Waals surface area contributed by atoms with Gasteiger partial charge in [0.15, 0.2) is 0 Å². The Bertz CT molecular complexity index is 293. The smallest absolute Gasteiger partial charge is 0.0753 e. The number of hydrogen-bond donors (Lipinski definition) is 1. The first kappa shape index (κ1) is 10.4. The van der Waals surface area contributed by atoms with Crippen molar-refractivity contribution in [2.75, 3.05) is 44.8 Å². The topological polar surface area (TPSA) is 42.3 Å². The molecular weight excluding hydrogens is 192 g/mol. The lowest BCUT2D eigenvalue weighted by molar-refractivity contribution is 0.183. The molecule has 0 bridgehead atoms. The van der Waals surface area contributed by atoms with E-state index in [1.54, 1.807) is 7.11 Å². The Labute approximate surface area is 90.0 Å². The Morgan fingerprint density at radius 2 is 2.27 bits per heavy atom. The van der Waals surface area contributed by atoms with Crippen molar-refractivity contribution in [2.45, 2.75) is 6.54 Å². The molecule has 1 saturated heterocycles. The van der Waals surface area contributed by atoms with Crippen molar-refractivity contribution in [1.82, 2.24) is 15.1 Å². The van der Waals surface area contributed by atoms with Gasteiger partial charge in [-0.3, -0.25) is 4.68 Å². The molecule has 0 aromatic carbocycles. The maximum Gasteiger partial charge on any atom is 0.0753 e. The van der Waals surface area contributed by atoms with Gasteiger partial charge in [0.1, 0.15) is 0 Å². The van der Waals surface area contributed by atoms with Gasteiger partial charge in [0.05, 0.1) is 25.0 Å². The van der Waals surface area contributed by atoms with Gasteiger partial charge in [-0.25, -0.2) is 0 Å². The van der Waals surface area contributed by atoms with Gasteiger partial charge in [-0.2, -0.15) is 5.10 Å². The van der Waals surface area contributed by atoms with Crippen LogP contribution in [0.2, 0.25) is 0 Å². The van der Waals surface area contributed by atoms with Crippen molar-refractivity contribution in [3.63, 3.8) is 0 Å². The molecule has 0 atom stereocenters. The monoisotopic (exact) mass is 210 g/mol. The molecule has 1 N–H and O–H groups in total. The maximum atomic E-state index is 5.02. The number of ether oxygens (including phenoxy) is 1. The molecule has 1 aromatic heterocycles. The molecule has 1 aromatic rings. The molecule has 5 nitrogen and oxygen atoms in total. The molecule has 0 amide bonds. The summed E-state index contributed by atoms with van der Waals surface area (Å²) in [5.74, 6) is 0. The molecule has 0 aliphatic carbocycles. The molecule has 1 fully saturated rings. The second-order valence-electron chi connectivity index (χ2n) is 3.69. The fourth-order valence-corrected chi connectivity index (χ4v) is 1.75. The largest absolute Gasteiger partial charge is 0.383 e. The second-order valence-corrected chi connectivity index (χ2v) is 3.69. The SMILES string of the molecule is COCCn1cc(N2CCNCC2)cn1. The number of rotatable bonds is 4. The summed E-state index contributed by atoms with van der Waals surface area (Å²) in [5.41, 5.74) is 1.22. The van der Waals surface area contributed by atoms with Crippen LogP contribution in [0.25, 0.3) is 0 Å². The van der Waals surface area contributed by atoms with E-state index < -0.39 is 0 Å². The van der Waals surface area contributed by atoms with Gasteiger partial charge < -0.3 is 15.0 Å². The number of anilines is 1. The predicted octanol–water partition coefficient (Wildman–Crippen LogP) is -0.0609. The third-order valence-corrected chi connectivity index (χ3v) is 2.63. The van der Waals surface area contributed by atoms with Gasteiger partial charge in [0, 0.05) is 39.5 Å². The van der Waals surface area contributed by atoms with Crippen molar-refractivity contribution in [3.05, 3.63) is 12.4 Å². The number of hydrogen-bond acceptors (Lipinski definition) is 4. The molecule has 1 aliphatic heterocycles.